The van der Waals surface area contributed by atoms with Gasteiger partial charge in [0, 0.05) is 30.5 Å². The number of H-pyrrole nitrogens is 1. The van der Waals surface area contributed by atoms with Crippen molar-refractivity contribution < 1.29 is 4.79 Å². The summed E-state index contributed by atoms with van der Waals surface area (Å²) in [5.74, 6) is 2.08. The number of nitrogens with one attached hydrogen (secondary N) is 1. The number of hydrogen-bond acceptors (Lipinski definition) is 5. The molecule has 3 heterocycles. The van der Waals surface area contributed by atoms with E-state index in [1.807, 2.05) is 12.1 Å². The fraction of sp³-hybridized carbons (Fsp3) is 0.556. The van der Waals surface area contributed by atoms with Gasteiger partial charge in [0.05, 0.1) is 5.75 Å². The Hall–Kier alpha value is -1.89. The summed E-state index contributed by atoms with van der Waals surface area (Å²) < 4.78 is 0. The third-order valence-corrected chi connectivity index (χ3v) is 6.14. The predicted molar refractivity (Wildman–Crippen MR) is 97.0 cm³/mol. The van der Waals surface area contributed by atoms with Gasteiger partial charge in [-0.2, -0.15) is 0 Å². The maximum absolute atomic E-state index is 12.7. The Kier molecular flexibility index (Phi) is 5.01. The van der Waals surface area contributed by atoms with Crippen molar-refractivity contribution in [1.29, 1.82) is 0 Å². The number of pyridine rings is 1. The number of carbonyl (C=O) groups is 1. The second kappa shape index (κ2) is 7.56. The van der Waals surface area contributed by atoms with Gasteiger partial charge >= 0.3 is 0 Å². The molecule has 0 radical (unpaired) electrons. The molecule has 0 spiro atoms. The molecule has 1 N–H and O–H groups in total. The van der Waals surface area contributed by atoms with E-state index >= 15 is 0 Å². The summed E-state index contributed by atoms with van der Waals surface area (Å²) in [4.78, 5) is 23.4. The molecule has 1 saturated carbocycles. The van der Waals surface area contributed by atoms with Gasteiger partial charge in [0.15, 0.2) is 5.82 Å². The van der Waals surface area contributed by atoms with E-state index in [1.54, 1.807) is 12.4 Å². The standard InChI is InChI=1S/C18H23N5OS/c24-16(23-11-3-5-13-4-1-2-6-15(13)23)12-25-18-20-17(21-22-18)14-7-9-19-10-8-14/h7-10,13,15H,1-6,11-12H2,(H,20,21,22)/t13-,15+/m1/s1. The Morgan fingerprint density at radius 3 is 2.88 bits per heavy atom. The Labute approximate surface area is 151 Å². The molecule has 25 heavy (non-hydrogen) atoms. The molecule has 1 aliphatic heterocycles. The number of carbonyl (C=O) groups excluding carboxylic acids is 1. The SMILES string of the molecule is O=C(CSc1n[nH]c(-c2ccncc2)n1)N1CCC[C@H]2CCCC[C@@H]21. The van der Waals surface area contributed by atoms with Crippen LogP contribution in [-0.2, 0) is 4.79 Å². The third-order valence-electron chi connectivity index (χ3n) is 5.31. The van der Waals surface area contributed by atoms with Crippen LogP contribution < -0.4 is 0 Å². The molecule has 0 aromatic carbocycles. The van der Waals surface area contributed by atoms with E-state index in [2.05, 4.69) is 25.1 Å². The summed E-state index contributed by atoms with van der Waals surface area (Å²) in [7, 11) is 0. The van der Waals surface area contributed by atoms with Crippen molar-refractivity contribution in [3.63, 3.8) is 0 Å². The number of aromatic amines is 1. The molecule has 4 rings (SSSR count). The van der Waals surface area contributed by atoms with Crippen molar-refractivity contribution in [3.05, 3.63) is 24.5 Å². The Morgan fingerprint density at radius 1 is 1.20 bits per heavy atom. The number of fused-ring (bicyclic) bond motifs is 1. The van der Waals surface area contributed by atoms with Crippen LogP contribution in [0.25, 0.3) is 11.4 Å². The molecule has 2 fully saturated rings. The fourth-order valence-electron chi connectivity index (χ4n) is 4.09. The highest BCUT2D eigenvalue weighted by atomic mass is 32.2. The van der Waals surface area contributed by atoms with Crippen molar-refractivity contribution in [2.75, 3.05) is 12.3 Å². The van der Waals surface area contributed by atoms with Gasteiger partial charge in [-0.1, -0.05) is 24.6 Å². The number of piperidine rings is 1. The van der Waals surface area contributed by atoms with E-state index in [-0.39, 0.29) is 5.91 Å². The summed E-state index contributed by atoms with van der Waals surface area (Å²) in [5, 5.41) is 7.79. The average molecular weight is 357 g/mol. The van der Waals surface area contributed by atoms with Crippen LogP contribution in [0.15, 0.2) is 29.7 Å². The number of aromatic nitrogens is 4. The van der Waals surface area contributed by atoms with E-state index in [4.69, 9.17) is 0 Å². The molecule has 132 valence electrons. The molecule has 7 heteroatoms. The summed E-state index contributed by atoms with van der Waals surface area (Å²) in [5.41, 5.74) is 0.946. The molecular weight excluding hydrogens is 334 g/mol. The number of nitrogens with zero attached hydrogens (tertiary/aromatic N) is 4. The van der Waals surface area contributed by atoms with Crippen LogP contribution in [0.3, 0.4) is 0 Å². The minimum Gasteiger partial charge on any atom is -0.339 e. The monoisotopic (exact) mass is 357 g/mol. The van der Waals surface area contributed by atoms with Crippen molar-refractivity contribution >= 4 is 17.7 Å². The van der Waals surface area contributed by atoms with Gasteiger partial charge < -0.3 is 4.90 Å². The lowest BCUT2D eigenvalue weighted by atomic mass is 9.78. The average Bonchev–Trinajstić information content (AvgIpc) is 3.15. The van der Waals surface area contributed by atoms with E-state index < -0.39 is 0 Å². The molecular formula is C18H23N5OS. The smallest absolute Gasteiger partial charge is 0.233 e. The number of thioether (sulfide) groups is 1. The summed E-state index contributed by atoms with van der Waals surface area (Å²) in [6, 6.07) is 4.24. The Morgan fingerprint density at radius 2 is 2.00 bits per heavy atom. The van der Waals surface area contributed by atoms with Gasteiger partial charge in [0.25, 0.3) is 0 Å². The van der Waals surface area contributed by atoms with Gasteiger partial charge in [-0.05, 0) is 43.7 Å². The minimum atomic E-state index is 0.233. The Balaban J connectivity index is 1.36. The lowest BCUT2D eigenvalue weighted by molar-refractivity contribution is -0.134. The highest BCUT2D eigenvalue weighted by Gasteiger charge is 2.35. The topological polar surface area (TPSA) is 74.8 Å². The first-order valence-corrected chi connectivity index (χ1v) is 10.0. The van der Waals surface area contributed by atoms with Crippen LogP contribution in [0.2, 0.25) is 0 Å². The fourth-order valence-corrected chi connectivity index (χ4v) is 4.78. The molecule has 2 atom stereocenters. The second-order valence-corrected chi connectivity index (χ2v) is 7.77. The van der Waals surface area contributed by atoms with Gasteiger partial charge in [-0.3, -0.25) is 14.9 Å². The van der Waals surface area contributed by atoms with Gasteiger partial charge in [0.1, 0.15) is 0 Å². The molecule has 1 aliphatic carbocycles. The van der Waals surface area contributed by atoms with Crippen molar-refractivity contribution in [2.45, 2.75) is 49.7 Å². The number of amides is 1. The third kappa shape index (κ3) is 3.71. The molecule has 0 bridgehead atoms. The normalized spacial score (nSPS) is 23.3. The van der Waals surface area contributed by atoms with E-state index in [1.165, 1.54) is 43.9 Å². The molecule has 6 nitrogen and oxygen atoms in total. The van der Waals surface area contributed by atoms with Crippen molar-refractivity contribution in [2.24, 2.45) is 5.92 Å². The van der Waals surface area contributed by atoms with Gasteiger partial charge in [-0.25, -0.2) is 4.98 Å². The summed E-state index contributed by atoms with van der Waals surface area (Å²) in [6.45, 7) is 0.914. The van der Waals surface area contributed by atoms with Crippen molar-refractivity contribution in [3.8, 4) is 11.4 Å². The number of likely N-dealkylation sites (tertiary alicyclic amines) is 1. The lowest BCUT2D eigenvalue weighted by Crippen LogP contribution is -2.50. The second-order valence-electron chi connectivity index (χ2n) is 6.83. The zero-order chi connectivity index (χ0) is 17.1. The van der Waals surface area contributed by atoms with Gasteiger partial charge in [-0.15, -0.1) is 5.10 Å². The molecule has 0 unspecified atom stereocenters. The first-order chi connectivity index (χ1) is 12.3. The van der Waals surface area contributed by atoms with Crippen LogP contribution in [-0.4, -0.2) is 49.3 Å². The largest absolute Gasteiger partial charge is 0.339 e. The molecule has 1 saturated heterocycles. The quantitative estimate of drug-likeness (QED) is 0.851. The first kappa shape index (κ1) is 16.6. The summed E-state index contributed by atoms with van der Waals surface area (Å²) in [6.07, 6.45) is 10.9. The van der Waals surface area contributed by atoms with E-state index in [0.29, 0.717) is 22.8 Å². The van der Waals surface area contributed by atoms with Crippen LogP contribution in [0, 0.1) is 5.92 Å². The molecule has 1 amide bonds. The number of rotatable bonds is 4. The van der Waals surface area contributed by atoms with Crippen molar-refractivity contribution in [1.82, 2.24) is 25.1 Å². The lowest BCUT2D eigenvalue weighted by Gasteiger charge is -2.44. The number of hydrogen-bond donors (Lipinski definition) is 1. The predicted octanol–water partition coefficient (Wildman–Crippen LogP) is 3.14. The first-order valence-electron chi connectivity index (χ1n) is 9.06. The highest BCUT2D eigenvalue weighted by molar-refractivity contribution is 7.99. The van der Waals surface area contributed by atoms with E-state index in [0.717, 1.165) is 24.4 Å². The van der Waals surface area contributed by atoms with Crippen LogP contribution >= 0.6 is 11.8 Å². The van der Waals surface area contributed by atoms with E-state index in [9.17, 15) is 4.79 Å². The zero-order valence-electron chi connectivity index (χ0n) is 14.2. The Bertz CT molecular complexity index is 717. The van der Waals surface area contributed by atoms with Gasteiger partial charge in [0.2, 0.25) is 11.1 Å². The van der Waals surface area contributed by atoms with Crippen LogP contribution in [0.5, 0.6) is 0 Å². The summed E-state index contributed by atoms with van der Waals surface area (Å²) >= 11 is 1.42. The maximum Gasteiger partial charge on any atom is 0.233 e. The maximum atomic E-state index is 12.7. The minimum absolute atomic E-state index is 0.233. The zero-order valence-corrected chi connectivity index (χ0v) is 15.0. The molecule has 2 aliphatic rings. The molecule has 2 aromatic heterocycles. The molecule has 2 aromatic rings. The van der Waals surface area contributed by atoms with Crippen LogP contribution in [0.4, 0.5) is 0 Å². The highest BCUT2D eigenvalue weighted by Crippen LogP contribution is 2.35. The van der Waals surface area contributed by atoms with Crippen LogP contribution in [0.1, 0.15) is 38.5 Å².